The number of benzene rings is 2. The van der Waals surface area contributed by atoms with Gasteiger partial charge < -0.3 is 15.5 Å². The van der Waals surface area contributed by atoms with Crippen LogP contribution in [0.4, 0.5) is 14.9 Å². The number of amides is 2. The summed E-state index contributed by atoms with van der Waals surface area (Å²) in [5.74, 6) is -0.0301. The van der Waals surface area contributed by atoms with E-state index in [1.807, 2.05) is 11.0 Å². The second-order valence-corrected chi connectivity index (χ2v) is 9.09. The predicted octanol–water partition coefficient (Wildman–Crippen LogP) is 3.58. The van der Waals surface area contributed by atoms with Crippen molar-refractivity contribution in [3.8, 4) is 0 Å². The Morgan fingerprint density at radius 2 is 1.71 bits per heavy atom. The highest BCUT2D eigenvalue weighted by Gasteiger charge is 2.34. The van der Waals surface area contributed by atoms with E-state index in [0.717, 1.165) is 0 Å². The van der Waals surface area contributed by atoms with Crippen molar-refractivity contribution in [2.75, 3.05) is 18.4 Å². The molecule has 2 aliphatic rings. The summed E-state index contributed by atoms with van der Waals surface area (Å²) < 4.78 is 43.1. The van der Waals surface area contributed by atoms with E-state index in [2.05, 4.69) is 15.0 Å². The van der Waals surface area contributed by atoms with Crippen LogP contribution in [0.15, 0.2) is 64.6 Å². The highest BCUT2D eigenvalue weighted by Crippen LogP contribution is 2.34. The molecule has 7 nitrogen and oxygen atoms in total. The van der Waals surface area contributed by atoms with Crippen LogP contribution in [0.25, 0.3) is 4.91 Å². The Kier molecular flexibility index (Phi) is 5.77. The van der Waals surface area contributed by atoms with Gasteiger partial charge in [-0.3, -0.25) is 0 Å². The lowest BCUT2D eigenvalue weighted by Gasteiger charge is -2.33. The number of anilines is 1. The zero-order valence-corrected chi connectivity index (χ0v) is 17.8. The van der Waals surface area contributed by atoms with Gasteiger partial charge in [-0.25, -0.2) is 9.18 Å². The van der Waals surface area contributed by atoms with Crippen LogP contribution in [0.2, 0.25) is 0 Å². The average molecular weight is 443 g/mol. The molecule has 31 heavy (non-hydrogen) atoms. The van der Waals surface area contributed by atoms with Crippen molar-refractivity contribution in [2.45, 2.75) is 25.8 Å². The number of carbonyl (C=O) groups excluding carboxylic acids is 1. The topological polar surface area (TPSA) is 90.9 Å². The molecule has 0 spiro atoms. The first-order valence-electron chi connectivity index (χ1n) is 10.0. The number of hydrogen-bond acceptors (Lipinski definition) is 4. The van der Waals surface area contributed by atoms with E-state index in [0.29, 0.717) is 42.9 Å². The van der Waals surface area contributed by atoms with Crippen LogP contribution in [-0.2, 0) is 10.0 Å². The fourth-order valence-electron chi connectivity index (χ4n) is 3.91. The summed E-state index contributed by atoms with van der Waals surface area (Å²) in [5, 5.41) is 5.37. The summed E-state index contributed by atoms with van der Waals surface area (Å²) in [6.45, 7) is 2.88. The molecule has 0 aromatic heterocycles. The number of sulfonamides is 1. The van der Waals surface area contributed by atoms with Crippen molar-refractivity contribution >= 4 is 32.5 Å². The van der Waals surface area contributed by atoms with Crippen LogP contribution in [0.5, 0.6) is 0 Å². The first-order valence-corrected chi connectivity index (χ1v) is 11.5. The maximum atomic E-state index is 13.7. The minimum absolute atomic E-state index is 0.0977. The fourth-order valence-corrected chi connectivity index (χ4v) is 5.40. The quantitative estimate of drug-likeness (QED) is 0.760. The minimum Gasteiger partial charge on any atom is -0.356 e. The lowest BCUT2D eigenvalue weighted by molar-refractivity contribution is 0.237. The molecule has 2 amide bonds. The Morgan fingerprint density at radius 1 is 1.06 bits per heavy atom. The van der Waals surface area contributed by atoms with Crippen LogP contribution in [0, 0.1) is 5.82 Å². The fraction of sp³-hybridized carbons (Fsp3) is 0.273. The summed E-state index contributed by atoms with van der Waals surface area (Å²) in [6, 6.07) is 14.4. The number of amidine groups is 1. The first-order chi connectivity index (χ1) is 14.8. The highest BCUT2D eigenvalue weighted by atomic mass is 32.2. The predicted molar refractivity (Wildman–Crippen MR) is 119 cm³/mol. The molecule has 1 saturated heterocycles. The van der Waals surface area contributed by atoms with E-state index in [4.69, 9.17) is 0 Å². The minimum atomic E-state index is -3.75. The number of carbonyl (C=O) groups is 1. The Morgan fingerprint density at radius 3 is 2.39 bits per heavy atom. The molecule has 162 valence electrons. The zero-order valence-electron chi connectivity index (χ0n) is 17.0. The molecule has 0 saturated carbocycles. The van der Waals surface area contributed by atoms with Gasteiger partial charge in [0.05, 0.1) is 5.69 Å². The van der Waals surface area contributed by atoms with Gasteiger partial charge in [-0.1, -0.05) is 42.5 Å². The van der Waals surface area contributed by atoms with Gasteiger partial charge in [-0.2, -0.15) is 8.42 Å². The summed E-state index contributed by atoms with van der Waals surface area (Å²) in [5.41, 5.74) is 1.38. The summed E-state index contributed by atoms with van der Waals surface area (Å²) in [7, 11) is -3.75. The summed E-state index contributed by atoms with van der Waals surface area (Å²) in [6.07, 6.45) is 1.25. The molecule has 0 radical (unpaired) electrons. The molecule has 9 heteroatoms. The van der Waals surface area contributed by atoms with Crippen LogP contribution < -0.4 is 10.6 Å². The molecule has 2 aromatic rings. The molecule has 2 heterocycles. The largest absolute Gasteiger partial charge is 0.356 e. The van der Waals surface area contributed by atoms with Crippen LogP contribution in [0.3, 0.4) is 0 Å². The van der Waals surface area contributed by atoms with E-state index in [1.54, 1.807) is 43.3 Å². The number of halogens is 1. The molecule has 0 unspecified atom stereocenters. The van der Waals surface area contributed by atoms with Crippen molar-refractivity contribution in [1.29, 1.82) is 0 Å². The van der Waals surface area contributed by atoms with Gasteiger partial charge in [0.15, 0.2) is 0 Å². The molecule has 0 atom stereocenters. The third-order valence-electron chi connectivity index (χ3n) is 5.43. The van der Waals surface area contributed by atoms with E-state index in [-0.39, 0.29) is 16.6 Å². The number of rotatable bonds is 3. The smallest absolute Gasteiger partial charge is 0.319 e. The maximum Gasteiger partial charge on any atom is 0.319 e. The van der Waals surface area contributed by atoms with Crippen molar-refractivity contribution in [1.82, 2.24) is 10.2 Å². The number of piperidine rings is 1. The van der Waals surface area contributed by atoms with Gasteiger partial charge in [0, 0.05) is 24.7 Å². The lowest BCUT2D eigenvalue weighted by Crippen LogP contribution is -2.47. The number of hydrogen-bond donors (Lipinski definition) is 2. The normalized spacial score (nSPS) is 18.6. The van der Waals surface area contributed by atoms with Crippen LogP contribution in [-0.4, -0.2) is 44.3 Å². The van der Waals surface area contributed by atoms with Crippen molar-refractivity contribution < 1.29 is 17.6 Å². The summed E-state index contributed by atoms with van der Waals surface area (Å²) in [4.78, 5) is 14.4. The molecule has 1 fully saturated rings. The number of nitrogens with zero attached hydrogens (tertiary/aromatic N) is 2. The van der Waals surface area contributed by atoms with E-state index < -0.39 is 21.9 Å². The van der Waals surface area contributed by atoms with Gasteiger partial charge in [-0.15, -0.1) is 4.40 Å². The molecular formula is C22H23FN4O3S. The second-order valence-electron chi connectivity index (χ2n) is 7.55. The van der Waals surface area contributed by atoms with E-state index >= 15 is 0 Å². The van der Waals surface area contributed by atoms with E-state index in [1.165, 1.54) is 12.1 Å². The number of para-hydroxylation sites is 1. The molecule has 2 aromatic carbocycles. The van der Waals surface area contributed by atoms with Gasteiger partial charge in [0.25, 0.3) is 10.0 Å². The Balaban J connectivity index is 1.39. The SMILES string of the molecule is CC1=C(c2ccccc2)S(=O)(=O)N=C1N1CCC(NC(=O)Nc2ccccc2F)CC1. The van der Waals surface area contributed by atoms with Gasteiger partial charge in [0.1, 0.15) is 16.6 Å². The second kappa shape index (κ2) is 8.50. The van der Waals surface area contributed by atoms with Crippen molar-refractivity contribution in [3.63, 3.8) is 0 Å². The number of urea groups is 1. The Hall–Kier alpha value is -3.20. The number of likely N-dealkylation sites (tertiary alicyclic amines) is 1. The van der Waals surface area contributed by atoms with Gasteiger partial charge in [-0.05, 0) is 37.5 Å². The van der Waals surface area contributed by atoms with Crippen LogP contribution >= 0.6 is 0 Å². The van der Waals surface area contributed by atoms with Crippen LogP contribution in [0.1, 0.15) is 25.3 Å². The first kappa shape index (κ1) is 21.0. The molecule has 4 rings (SSSR count). The molecule has 2 aliphatic heterocycles. The molecular weight excluding hydrogens is 419 g/mol. The number of nitrogens with one attached hydrogen (secondary N) is 2. The third-order valence-corrected chi connectivity index (χ3v) is 6.90. The Bertz CT molecular complexity index is 1150. The maximum absolute atomic E-state index is 13.7. The molecule has 2 N–H and O–H groups in total. The summed E-state index contributed by atoms with van der Waals surface area (Å²) >= 11 is 0. The van der Waals surface area contributed by atoms with Gasteiger partial charge >= 0.3 is 6.03 Å². The highest BCUT2D eigenvalue weighted by molar-refractivity contribution is 8.00. The van der Waals surface area contributed by atoms with Gasteiger partial charge in [0.2, 0.25) is 0 Å². The zero-order chi connectivity index (χ0) is 22.0. The monoisotopic (exact) mass is 442 g/mol. The van der Waals surface area contributed by atoms with Crippen molar-refractivity contribution in [2.24, 2.45) is 4.40 Å². The average Bonchev–Trinajstić information content (AvgIpc) is 2.99. The lowest BCUT2D eigenvalue weighted by atomic mass is 10.0. The Labute approximate surface area is 180 Å². The van der Waals surface area contributed by atoms with Crippen molar-refractivity contribution in [3.05, 3.63) is 71.6 Å². The molecule has 0 aliphatic carbocycles. The third kappa shape index (κ3) is 4.46. The molecule has 0 bridgehead atoms. The van der Waals surface area contributed by atoms with E-state index in [9.17, 15) is 17.6 Å². The standard InChI is InChI=1S/C22H23FN4O3S/c1-15-20(16-7-3-2-4-8-16)31(29,30)26-21(15)27-13-11-17(12-14-27)24-22(28)25-19-10-6-5-9-18(19)23/h2-10,17H,11-14H2,1H3,(H2,24,25,28).